The van der Waals surface area contributed by atoms with Crippen LogP contribution in [0.25, 0.3) is 22.6 Å². The summed E-state index contributed by atoms with van der Waals surface area (Å²) in [5, 5.41) is 5.51. The highest BCUT2D eigenvalue weighted by molar-refractivity contribution is 5.63. The van der Waals surface area contributed by atoms with E-state index >= 15 is 0 Å². The maximum atomic E-state index is 12.7. The third-order valence-electron chi connectivity index (χ3n) is 5.42. The summed E-state index contributed by atoms with van der Waals surface area (Å²) in [5.41, 5.74) is 2.01. The quantitative estimate of drug-likeness (QED) is 0.584. The lowest BCUT2D eigenvalue weighted by Gasteiger charge is -2.28. The number of nitrogens with zero attached hydrogens (tertiary/aromatic N) is 3. The van der Waals surface area contributed by atoms with Gasteiger partial charge in [0.1, 0.15) is 5.75 Å². The smallest absolute Gasteiger partial charge is 0.453 e. The molecule has 0 atom stereocenters. The minimum absolute atomic E-state index is 0.0235. The molecule has 0 aliphatic heterocycles. The number of pyridine rings is 1. The van der Waals surface area contributed by atoms with Crippen LogP contribution in [0.1, 0.15) is 31.5 Å². The van der Waals surface area contributed by atoms with Crippen molar-refractivity contribution in [3.05, 3.63) is 48.4 Å². The molecule has 0 radical (unpaired) electrons. The van der Waals surface area contributed by atoms with Crippen molar-refractivity contribution in [2.45, 2.75) is 38.0 Å². The molecule has 0 saturated heterocycles. The standard InChI is InChI=1S/C22H23F3N4O2/c1-30-13-14-2-7-17(8-3-14)31-18-9-4-15(5-10-18)19-11-6-16(12-26-19)20-27-21(29-28-20)22(23,24)25/h4-6,9-12,14,17H,2-3,7-8,13H2,1H3,(H,27,28,29)/t14-,17+. The lowest BCUT2D eigenvalue weighted by atomic mass is 9.88. The van der Waals surface area contributed by atoms with Crippen LogP contribution in [0.15, 0.2) is 42.6 Å². The van der Waals surface area contributed by atoms with Crippen LogP contribution < -0.4 is 4.74 Å². The number of ether oxygens (including phenoxy) is 2. The van der Waals surface area contributed by atoms with Crippen LogP contribution in [0, 0.1) is 5.92 Å². The first-order valence-corrected chi connectivity index (χ1v) is 10.1. The highest BCUT2D eigenvalue weighted by atomic mass is 19.4. The van der Waals surface area contributed by atoms with Gasteiger partial charge in [0, 0.05) is 31.0 Å². The number of halogens is 3. The Morgan fingerprint density at radius 2 is 1.71 bits per heavy atom. The van der Waals surface area contributed by atoms with Gasteiger partial charge in [0.2, 0.25) is 0 Å². The van der Waals surface area contributed by atoms with Crippen molar-refractivity contribution in [1.82, 2.24) is 20.2 Å². The predicted octanol–water partition coefficient (Wildman–Crippen LogP) is 5.14. The molecule has 1 saturated carbocycles. The van der Waals surface area contributed by atoms with Crippen LogP contribution >= 0.6 is 0 Å². The van der Waals surface area contributed by atoms with E-state index in [1.54, 1.807) is 19.2 Å². The van der Waals surface area contributed by atoms with Crippen molar-refractivity contribution in [2.75, 3.05) is 13.7 Å². The molecule has 164 valence electrons. The fraction of sp³-hybridized carbons (Fsp3) is 0.409. The summed E-state index contributed by atoms with van der Waals surface area (Å²) >= 11 is 0. The first kappa shape index (κ1) is 21.3. The summed E-state index contributed by atoms with van der Waals surface area (Å²) in [6.45, 7) is 0.813. The van der Waals surface area contributed by atoms with E-state index in [0.717, 1.165) is 43.6 Å². The molecule has 0 bridgehead atoms. The van der Waals surface area contributed by atoms with Gasteiger partial charge >= 0.3 is 6.18 Å². The summed E-state index contributed by atoms with van der Waals surface area (Å²) in [6.07, 6.45) is 1.38. The lowest BCUT2D eigenvalue weighted by molar-refractivity contribution is -0.144. The number of benzene rings is 1. The van der Waals surface area contributed by atoms with E-state index in [-0.39, 0.29) is 11.9 Å². The Bertz CT molecular complexity index is 979. The lowest BCUT2D eigenvalue weighted by Crippen LogP contribution is -2.25. The highest BCUT2D eigenvalue weighted by Gasteiger charge is 2.36. The van der Waals surface area contributed by atoms with Crippen LogP contribution in [0.2, 0.25) is 0 Å². The van der Waals surface area contributed by atoms with Gasteiger partial charge < -0.3 is 9.47 Å². The predicted molar refractivity (Wildman–Crippen MR) is 108 cm³/mol. The van der Waals surface area contributed by atoms with Gasteiger partial charge in [-0.15, -0.1) is 5.10 Å². The Morgan fingerprint density at radius 1 is 1.00 bits per heavy atom. The monoisotopic (exact) mass is 432 g/mol. The Labute approximate surface area is 177 Å². The largest absolute Gasteiger partial charge is 0.490 e. The molecule has 0 amide bonds. The molecule has 31 heavy (non-hydrogen) atoms. The van der Waals surface area contributed by atoms with E-state index in [1.165, 1.54) is 6.20 Å². The number of nitrogens with one attached hydrogen (secondary N) is 1. The third kappa shape index (κ3) is 5.22. The van der Waals surface area contributed by atoms with Crippen LogP contribution in [0.4, 0.5) is 13.2 Å². The molecule has 9 heteroatoms. The Kier molecular flexibility index (Phi) is 6.22. The van der Waals surface area contributed by atoms with Gasteiger partial charge in [0.05, 0.1) is 11.8 Å². The topological polar surface area (TPSA) is 72.9 Å². The van der Waals surface area contributed by atoms with Crippen LogP contribution in [0.5, 0.6) is 5.75 Å². The number of H-pyrrole nitrogens is 1. The highest BCUT2D eigenvalue weighted by Crippen LogP contribution is 2.30. The molecular formula is C22H23F3N4O2. The fourth-order valence-electron chi connectivity index (χ4n) is 3.77. The first-order chi connectivity index (χ1) is 14.9. The number of hydrogen-bond acceptors (Lipinski definition) is 5. The number of methoxy groups -OCH3 is 1. The summed E-state index contributed by atoms with van der Waals surface area (Å²) in [7, 11) is 1.74. The van der Waals surface area contributed by atoms with E-state index in [0.29, 0.717) is 17.2 Å². The van der Waals surface area contributed by atoms with E-state index < -0.39 is 12.0 Å². The van der Waals surface area contributed by atoms with Crippen molar-refractivity contribution in [3.8, 4) is 28.4 Å². The van der Waals surface area contributed by atoms with Crippen molar-refractivity contribution < 1.29 is 22.6 Å². The molecule has 1 aliphatic rings. The van der Waals surface area contributed by atoms with Gasteiger partial charge in [-0.2, -0.15) is 13.2 Å². The first-order valence-electron chi connectivity index (χ1n) is 10.1. The zero-order valence-electron chi connectivity index (χ0n) is 17.0. The average molecular weight is 432 g/mol. The molecule has 3 aromatic rings. The van der Waals surface area contributed by atoms with Gasteiger partial charge in [-0.1, -0.05) is 0 Å². The molecule has 1 aliphatic carbocycles. The summed E-state index contributed by atoms with van der Waals surface area (Å²) < 4.78 is 49.3. The number of rotatable bonds is 6. The molecule has 1 aromatic carbocycles. The molecule has 6 nitrogen and oxygen atoms in total. The number of alkyl halides is 3. The Morgan fingerprint density at radius 3 is 2.29 bits per heavy atom. The normalized spacial score (nSPS) is 19.4. The van der Waals surface area contributed by atoms with Crippen molar-refractivity contribution in [1.29, 1.82) is 0 Å². The van der Waals surface area contributed by atoms with E-state index in [4.69, 9.17) is 9.47 Å². The van der Waals surface area contributed by atoms with Crippen molar-refractivity contribution in [2.24, 2.45) is 5.92 Å². The fourth-order valence-corrected chi connectivity index (χ4v) is 3.77. The van der Waals surface area contributed by atoms with E-state index in [1.807, 2.05) is 24.3 Å². The molecule has 1 fully saturated rings. The molecule has 1 N–H and O–H groups in total. The van der Waals surface area contributed by atoms with Crippen molar-refractivity contribution >= 4 is 0 Å². The molecule has 0 unspecified atom stereocenters. The second-order valence-corrected chi connectivity index (χ2v) is 7.68. The van der Waals surface area contributed by atoms with Crippen LogP contribution in [-0.4, -0.2) is 40.0 Å². The Hall–Kier alpha value is -2.94. The van der Waals surface area contributed by atoms with Crippen LogP contribution in [0.3, 0.4) is 0 Å². The van der Waals surface area contributed by atoms with Crippen molar-refractivity contribution in [3.63, 3.8) is 0 Å². The Balaban J connectivity index is 1.37. The van der Waals surface area contributed by atoms with Crippen LogP contribution in [-0.2, 0) is 10.9 Å². The SMILES string of the molecule is COC[C@H]1CC[C@@H](Oc2ccc(-c3ccc(-c4nc(C(F)(F)F)n[nH]4)cn3)cc2)CC1. The third-order valence-corrected chi connectivity index (χ3v) is 5.42. The van der Waals surface area contributed by atoms with Gasteiger partial charge in [-0.05, 0) is 68.0 Å². The summed E-state index contributed by atoms with van der Waals surface area (Å²) in [6, 6.07) is 11.1. The maximum Gasteiger partial charge on any atom is 0.453 e. The minimum atomic E-state index is -4.59. The second-order valence-electron chi connectivity index (χ2n) is 7.68. The summed E-state index contributed by atoms with van der Waals surface area (Å²) in [5.74, 6) is 0.264. The average Bonchev–Trinajstić information content (AvgIpc) is 3.27. The molecular weight excluding hydrogens is 409 g/mol. The molecule has 2 heterocycles. The van der Waals surface area contributed by atoms with Gasteiger partial charge in [-0.3, -0.25) is 10.1 Å². The van der Waals surface area contributed by atoms with E-state index in [2.05, 4.69) is 20.2 Å². The number of aromatic nitrogens is 4. The molecule has 4 rings (SSSR count). The molecule has 2 aromatic heterocycles. The maximum absolute atomic E-state index is 12.7. The zero-order valence-corrected chi connectivity index (χ0v) is 17.0. The molecule has 0 spiro atoms. The zero-order chi connectivity index (χ0) is 21.8. The van der Waals surface area contributed by atoms with Gasteiger partial charge in [-0.25, -0.2) is 4.98 Å². The van der Waals surface area contributed by atoms with Gasteiger partial charge in [0.15, 0.2) is 5.82 Å². The number of hydrogen-bond donors (Lipinski definition) is 1. The summed E-state index contributed by atoms with van der Waals surface area (Å²) in [4.78, 5) is 7.83. The van der Waals surface area contributed by atoms with E-state index in [9.17, 15) is 13.2 Å². The second kappa shape index (κ2) is 9.05. The minimum Gasteiger partial charge on any atom is -0.490 e. The number of aromatic amines is 1. The van der Waals surface area contributed by atoms with Gasteiger partial charge in [0.25, 0.3) is 5.82 Å².